The smallest absolute Gasteiger partial charge is 0.383 e. The van der Waals surface area contributed by atoms with Crippen LogP contribution in [0.1, 0.15) is 32.1 Å². The number of allylic oxidation sites excluding steroid dienone is 4. The Bertz CT molecular complexity index is 493. The summed E-state index contributed by atoms with van der Waals surface area (Å²) < 4.78 is 17.4. The van der Waals surface area contributed by atoms with Gasteiger partial charge in [-0.2, -0.15) is 9.34 Å². The number of hydrogen-bond donors (Lipinski definition) is 0. The monoisotopic (exact) mass is 413 g/mol. The fourth-order valence-corrected chi connectivity index (χ4v) is 9.45. The summed E-state index contributed by atoms with van der Waals surface area (Å²) in [7, 11) is 8.90. The maximum absolute atomic E-state index is 7.37. The molecule has 0 N–H and O–H groups in total. The van der Waals surface area contributed by atoms with E-state index in [0.29, 0.717) is 12.1 Å². The first-order valence-electron chi connectivity index (χ1n) is 8.88. The second-order valence-corrected chi connectivity index (χ2v) is 10.6. The van der Waals surface area contributed by atoms with E-state index < -0.39 is 7.44 Å². The van der Waals surface area contributed by atoms with Crippen molar-refractivity contribution in [2.75, 3.05) is 40.5 Å². The van der Waals surface area contributed by atoms with Crippen molar-refractivity contribution in [3.05, 3.63) is 21.9 Å². The summed E-state index contributed by atoms with van der Waals surface area (Å²) in [4.78, 5) is 0. The van der Waals surface area contributed by atoms with E-state index in [9.17, 15) is 0 Å². The normalized spacial score (nSPS) is 29.3. The van der Waals surface area contributed by atoms with E-state index in [2.05, 4.69) is 37.4 Å². The second kappa shape index (κ2) is 8.32. The van der Waals surface area contributed by atoms with Crippen LogP contribution in [0.15, 0.2) is 21.9 Å². The molecule has 4 nitrogen and oxygen atoms in total. The molecule has 2 heterocycles. The number of rotatable bonds is 7. The molecule has 7 heteroatoms. The van der Waals surface area contributed by atoms with Crippen molar-refractivity contribution in [1.82, 2.24) is 9.34 Å². The SMILES string of the molecule is [B][P+](C1=C(Br)C=CC1)(N1CCC[C@@H]1COC)N1CCC[C@@H]1COC. The van der Waals surface area contributed by atoms with E-state index in [0.717, 1.165) is 32.7 Å². The van der Waals surface area contributed by atoms with Gasteiger partial charge in [0.05, 0.1) is 29.8 Å². The number of ether oxygens (including phenoxy) is 2. The molecule has 3 rings (SSSR count). The molecular formula is C17H28BBrN2O2P+. The highest BCUT2D eigenvalue weighted by molar-refractivity contribution is 9.12. The number of halogens is 1. The molecule has 2 fully saturated rings. The molecule has 0 unspecified atom stereocenters. The van der Waals surface area contributed by atoms with Crippen molar-refractivity contribution in [3.63, 3.8) is 0 Å². The first kappa shape index (κ1) is 19.1. The molecule has 0 aromatic rings. The van der Waals surface area contributed by atoms with Gasteiger partial charge in [0.25, 0.3) is 0 Å². The van der Waals surface area contributed by atoms with Crippen LogP contribution in [0, 0.1) is 0 Å². The Labute approximate surface area is 156 Å². The van der Waals surface area contributed by atoms with Gasteiger partial charge in [-0.25, -0.2) is 0 Å². The minimum absolute atomic E-state index is 0.422. The summed E-state index contributed by atoms with van der Waals surface area (Å²) in [5.41, 5.74) is 0. The maximum Gasteiger partial charge on any atom is 0.416 e. The van der Waals surface area contributed by atoms with Crippen LogP contribution in [-0.4, -0.2) is 69.5 Å². The summed E-state index contributed by atoms with van der Waals surface area (Å²) in [6.07, 6.45) is 10.1. The van der Waals surface area contributed by atoms with E-state index in [1.54, 1.807) is 14.2 Å². The lowest BCUT2D eigenvalue weighted by atomic mass is 10.2. The first-order chi connectivity index (χ1) is 11.6. The number of nitrogens with zero attached hydrogens (tertiary/aromatic N) is 2. The Morgan fingerprint density at radius 2 is 1.67 bits per heavy atom. The summed E-state index contributed by atoms with van der Waals surface area (Å²) in [5, 5.41) is 1.38. The molecular weight excluding hydrogens is 386 g/mol. The van der Waals surface area contributed by atoms with Crippen molar-refractivity contribution in [2.45, 2.75) is 44.2 Å². The predicted octanol–water partition coefficient (Wildman–Crippen LogP) is 3.71. The largest absolute Gasteiger partial charge is 0.416 e. The summed E-state index contributed by atoms with van der Waals surface area (Å²) in [6.45, 7) is 3.66. The van der Waals surface area contributed by atoms with Crippen molar-refractivity contribution in [1.29, 1.82) is 0 Å². The molecule has 0 saturated carbocycles. The van der Waals surface area contributed by atoms with Crippen molar-refractivity contribution >= 4 is 30.9 Å². The van der Waals surface area contributed by atoms with Gasteiger partial charge in [-0.15, -0.1) is 0 Å². The first-order valence-corrected chi connectivity index (χ1v) is 11.4. The molecule has 2 aliphatic heterocycles. The highest BCUT2D eigenvalue weighted by Crippen LogP contribution is 2.73. The molecule has 24 heavy (non-hydrogen) atoms. The standard InChI is InChI=1S/C17H28BBrN2O2P/c1-22-12-14-6-4-10-20(14)24(18,17-9-3-8-16(17)19)21-11-5-7-15(21)13-23-2/h3,8,14-15H,4-7,9-13H2,1-2H3/q+1/t14-,15-/m1/s1. The topological polar surface area (TPSA) is 24.9 Å². The van der Waals surface area contributed by atoms with E-state index >= 15 is 0 Å². The highest BCUT2D eigenvalue weighted by atomic mass is 79.9. The summed E-state index contributed by atoms with van der Waals surface area (Å²) in [5.74, 6) is 0. The van der Waals surface area contributed by atoms with Crippen LogP contribution in [0.5, 0.6) is 0 Å². The molecule has 0 amide bonds. The minimum Gasteiger partial charge on any atom is -0.383 e. The van der Waals surface area contributed by atoms with Crippen LogP contribution in [0.4, 0.5) is 0 Å². The van der Waals surface area contributed by atoms with Crippen LogP contribution in [0.3, 0.4) is 0 Å². The maximum atomic E-state index is 7.37. The molecule has 0 aromatic heterocycles. The zero-order valence-electron chi connectivity index (χ0n) is 14.8. The Morgan fingerprint density at radius 3 is 2.08 bits per heavy atom. The molecule has 2 atom stereocenters. The third-order valence-corrected chi connectivity index (χ3v) is 10.3. The van der Waals surface area contributed by atoms with Crippen LogP contribution in [0.2, 0.25) is 0 Å². The second-order valence-electron chi connectivity index (χ2n) is 6.88. The van der Waals surface area contributed by atoms with E-state index in [1.165, 1.54) is 35.5 Å². The van der Waals surface area contributed by atoms with E-state index in [4.69, 9.17) is 17.0 Å². The van der Waals surface area contributed by atoms with Gasteiger partial charge in [-0.1, -0.05) is 6.08 Å². The highest BCUT2D eigenvalue weighted by Gasteiger charge is 2.57. The van der Waals surface area contributed by atoms with Gasteiger partial charge in [0, 0.05) is 33.7 Å². The Balaban J connectivity index is 1.97. The van der Waals surface area contributed by atoms with E-state index in [1.807, 2.05) is 0 Å². The molecule has 0 aromatic carbocycles. The quantitative estimate of drug-likeness (QED) is 0.469. The molecule has 0 bridgehead atoms. The summed E-state index contributed by atoms with van der Waals surface area (Å²) in [6, 6.07) is 0.844. The fourth-order valence-electron chi connectivity index (χ4n) is 4.38. The van der Waals surface area contributed by atoms with Gasteiger partial charge in [0.1, 0.15) is 12.8 Å². The zero-order chi connectivity index (χ0) is 17.2. The van der Waals surface area contributed by atoms with Gasteiger partial charge in [0.15, 0.2) is 0 Å². The average Bonchev–Trinajstić information content (AvgIpc) is 3.28. The van der Waals surface area contributed by atoms with Crippen molar-refractivity contribution in [3.8, 4) is 0 Å². The third-order valence-electron chi connectivity index (χ3n) is 5.44. The molecule has 0 spiro atoms. The third kappa shape index (κ3) is 3.43. The lowest BCUT2D eigenvalue weighted by Gasteiger charge is -2.44. The lowest BCUT2D eigenvalue weighted by molar-refractivity contribution is 0.137. The fraction of sp³-hybridized carbons (Fsp3) is 0.765. The van der Waals surface area contributed by atoms with Crippen LogP contribution in [-0.2, 0) is 9.47 Å². The van der Waals surface area contributed by atoms with Gasteiger partial charge in [0.2, 0.25) is 0 Å². The Kier molecular flexibility index (Phi) is 6.61. The average molecular weight is 414 g/mol. The zero-order valence-corrected chi connectivity index (χ0v) is 17.3. The van der Waals surface area contributed by atoms with Crippen molar-refractivity contribution < 1.29 is 9.47 Å². The van der Waals surface area contributed by atoms with Gasteiger partial charge >= 0.3 is 7.57 Å². The Morgan fingerprint density at radius 1 is 1.12 bits per heavy atom. The molecule has 2 radical (unpaired) electrons. The number of hydrogen-bond acceptors (Lipinski definition) is 4. The van der Waals surface area contributed by atoms with Gasteiger partial charge in [-0.3, -0.25) is 0 Å². The molecule has 3 aliphatic rings. The van der Waals surface area contributed by atoms with Crippen LogP contribution in [0.25, 0.3) is 0 Å². The van der Waals surface area contributed by atoms with Crippen LogP contribution < -0.4 is 0 Å². The van der Waals surface area contributed by atoms with Gasteiger partial charge in [-0.05, 0) is 47.7 Å². The lowest BCUT2D eigenvalue weighted by Crippen LogP contribution is -2.44. The molecule has 2 saturated heterocycles. The summed E-state index contributed by atoms with van der Waals surface area (Å²) >= 11 is 3.78. The van der Waals surface area contributed by atoms with E-state index in [-0.39, 0.29) is 0 Å². The minimum atomic E-state index is -2.06. The van der Waals surface area contributed by atoms with Crippen LogP contribution >= 0.6 is 23.4 Å². The van der Waals surface area contributed by atoms with Crippen molar-refractivity contribution in [2.24, 2.45) is 0 Å². The van der Waals surface area contributed by atoms with Gasteiger partial charge < -0.3 is 9.47 Å². The molecule has 1 aliphatic carbocycles. The number of methoxy groups -OCH3 is 2. The predicted molar refractivity (Wildman–Crippen MR) is 106 cm³/mol. The molecule has 132 valence electrons. The Hall–Kier alpha value is 0.295.